The number of para-hydroxylation sites is 2. The number of benzene rings is 2. The molecule has 0 saturated carbocycles. The number of sulfonamides is 1. The van der Waals surface area contributed by atoms with Gasteiger partial charge in [0.2, 0.25) is 5.91 Å². The Balaban J connectivity index is 1.84. The second kappa shape index (κ2) is 7.65. The van der Waals surface area contributed by atoms with Crippen LogP contribution in [0, 0.1) is 0 Å². The summed E-state index contributed by atoms with van der Waals surface area (Å²) < 4.78 is 33.4. The van der Waals surface area contributed by atoms with Crippen molar-refractivity contribution in [1.82, 2.24) is 5.32 Å². The number of nitrogens with one attached hydrogen (secondary N) is 2. The molecule has 7 nitrogen and oxygen atoms in total. The summed E-state index contributed by atoms with van der Waals surface area (Å²) >= 11 is 0. The van der Waals surface area contributed by atoms with Crippen molar-refractivity contribution >= 4 is 27.3 Å². The molecule has 26 heavy (non-hydrogen) atoms. The first-order chi connectivity index (χ1) is 12.5. The summed E-state index contributed by atoms with van der Waals surface area (Å²) in [6.45, 7) is 3.72. The normalized spacial score (nSPS) is 14.7. The van der Waals surface area contributed by atoms with Gasteiger partial charge in [-0.2, -0.15) is 0 Å². The maximum absolute atomic E-state index is 12.7. The zero-order valence-electron chi connectivity index (χ0n) is 14.4. The first-order valence-corrected chi connectivity index (χ1v) is 9.84. The minimum Gasteiger partial charge on any atom is -0.494 e. The predicted octanol–water partition coefficient (Wildman–Crippen LogP) is 1.82. The molecule has 0 unspecified atom stereocenters. The van der Waals surface area contributed by atoms with E-state index in [0.29, 0.717) is 36.8 Å². The lowest BCUT2D eigenvalue weighted by Crippen LogP contribution is -2.47. The smallest absolute Gasteiger partial charge is 0.261 e. The molecule has 1 heterocycles. The van der Waals surface area contributed by atoms with E-state index in [4.69, 9.17) is 4.74 Å². The largest absolute Gasteiger partial charge is 0.494 e. The fourth-order valence-electron chi connectivity index (χ4n) is 2.77. The first kappa shape index (κ1) is 18.1. The van der Waals surface area contributed by atoms with Crippen LogP contribution in [0.2, 0.25) is 0 Å². The summed E-state index contributed by atoms with van der Waals surface area (Å²) in [5, 5.41) is 2.76. The molecule has 1 amide bonds. The molecule has 2 aromatic rings. The monoisotopic (exact) mass is 375 g/mol. The van der Waals surface area contributed by atoms with Crippen LogP contribution in [0.3, 0.4) is 0 Å². The number of hydrogen-bond donors (Lipinski definition) is 2. The Morgan fingerprint density at radius 2 is 1.88 bits per heavy atom. The summed E-state index contributed by atoms with van der Waals surface area (Å²) in [6, 6.07) is 13.3. The Morgan fingerprint density at radius 3 is 2.58 bits per heavy atom. The molecule has 0 radical (unpaired) electrons. The van der Waals surface area contributed by atoms with Crippen molar-refractivity contribution in [3.63, 3.8) is 0 Å². The van der Waals surface area contributed by atoms with Gasteiger partial charge >= 0.3 is 0 Å². The quantitative estimate of drug-likeness (QED) is 0.804. The molecule has 138 valence electrons. The number of nitrogens with zero attached hydrogens (tertiary/aromatic N) is 1. The highest BCUT2D eigenvalue weighted by Crippen LogP contribution is 2.28. The van der Waals surface area contributed by atoms with Gasteiger partial charge in [-0.1, -0.05) is 12.1 Å². The molecule has 3 rings (SSSR count). The molecule has 1 saturated heterocycles. The van der Waals surface area contributed by atoms with E-state index in [1.54, 1.807) is 30.3 Å². The summed E-state index contributed by atoms with van der Waals surface area (Å²) in [5.41, 5.74) is 1.12. The number of amides is 1. The molecule has 0 aromatic heterocycles. The van der Waals surface area contributed by atoms with Gasteiger partial charge in [0.05, 0.1) is 29.4 Å². The molecular weight excluding hydrogens is 354 g/mol. The first-order valence-electron chi connectivity index (χ1n) is 8.36. The van der Waals surface area contributed by atoms with Crippen LogP contribution in [-0.4, -0.2) is 40.6 Å². The van der Waals surface area contributed by atoms with E-state index in [2.05, 4.69) is 10.0 Å². The summed E-state index contributed by atoms with van der Waals surface area (Å²) in [7, 11) is -3.75. The average molecular weight is 375 g/mol. The van der Waals surface area contributed by atoms with Gasteiger partial charge in [-0.05, 0) is 43.3 Å². The fraction of sp³-hybridized carbons (Fsp3) is 0.278. The van der Waals surface area contributed by atoms with Gasteiger partial charge in [0.1, 0.15) is 5.75 Å². The number of ether oxygens (including phenoxy) is 1. The van der Waals surface area contributed by atoms with E-state index < -0.39 is 10.0 Å². The third-order valence-corrected chi connectivity index (χ3v) is 5.35. The number of hydrogen-bond acceptors (Lipinski definition) is 5. The number of anilines is 2. The van der Waals surface area contributed by atoms with Gasteiger partial charge in [0, 0.05) is 13.1 Å². The highest BCUT2D eigenvalue weighted by molar-refractivity contribution is 7.92. The van der Waals surface area contributed by atoms with Crippen LogP contribution in [0.15, 0.2) is 53.4 Å². The molecule has 0 bridgehead atoms. The summed E-state index contributed by atoms with van der Waals surface area (Å²) in [6.07, 6.45) is 0. The van der Waals surface area contributed by atoms with Crippen LogP contribution in [0.5, 0.6) is 5.75 Å². The lowest BCUT2D eigenvalue weighted by molar-refractivity contribution is -0.120. The Morgan fingerprint density at radius 1 is 1.15 bits per heavy atom. The lowest BCUT2D eigenvalue weighted by atomic mass is 10.2. The molecule has 0 spiro atoms. The van der Waals surface area contributed by atoms with Crippen molar-refractivity contribution in [3.8, 4) is 5.75 Å². The molecular formula is C18H21N3O4S. The van der Waals surface area contributed by atoms with E-state index in [1.165, 1.54) is 12.1 Å². The Kier molecular flexibility index (Phi) is 5.32. The molecule has 1 aliphatic rings. The summed E-state index contributed by atoms with van der Waals surface area (Å²) in [4.78, 5) is 13.6. The minimum absolute atomic E-state index is 0.0829. The highest BCUT2D eigenvalue weighted by atomic mass is 32.2. The Labute approximate surface area is 153 Å². The molecule has 2 aromatic carbocycles. The van der Waals surface area contributed by atoms with Crippen molar-refractivity contribution in [2.75, 3.05) is 35.9 Å². The SMILES string of the molecule is CCOc1ccc(S(=O)(=O)Nc2ccccc2N2CCNC(=O)C2)cc1. The maximum atomic E-state index is 12.7. The van der Waals surface area contributed by atoms with Crippen molar-refractivity contribution in [2.24, 2.45) is 0 Å². The zero-order chi connectivity index (χ0) is 18.6. The minimum atomic E-state index is -3.75. The third kappa shape index (κ3) is 4.08. The van der Waals surface area contributed by atoms with E-state index in [1.807, 2.05) is 17.9 Å². The molecule has 1 fully saturated rings. The van der Waals surface area contributed by atoms with Gasteiger partial charge in [-0.25, -0.2) is 8.42 Å². The van der Waals surface area contributed by atoms with Gasteiger partial charge in [0.15, 0.2) is 0 Å². The van der Waals surface area contributed by atoms with E-state index in [9.17, 15) is 13.2 Å². The molecule has 2 N–H and O–H groups in total. The number of carbonyl (C=O) groups is 1. The number of rotatable bonds is 6. The second-order valence-electron chi connectivity index (χ2n) is 5.80. The topological polar surface area (TPSA) is 87.7 Å². The zero-order valence-corrected chi connectivity index (χ0v) is 15.3. The predicted molar refractivity (Wildman–Crippen MR) is 100 cm³/mol. The van der Waals surface area contributed by atoms with Crippen LogP contribution in [0.4, 0.5) is 11.4 Å². The van der Waals surface area contributed by atoms with Gasteiger partial charge < -0.3 is 15.0 Å². The lowest BCUT2D eigenvalue weighted by Gasteiger charge is -2.30. The van der Waals surface area contributed by atoms with Crippen LogP contribution in [0.25, 0.3) is 0 Å². The summed E-state index contributed by atoms with van der Waals surface area (Å²) in [5.74, 6) is 0.534. The van der Waals surface area contributed by atoms with Crippen molar-refractivity contribution in [3.05, 3.63) is 48.5 Å². The molecule has 0 atom stereocenters. The van der Waals surface area contributed by atoms with Gasteiger partial charge in [-0.3, -0.25) is 9.52 Å². The van der Waals surface area contributed by atoms with Crippen molar-refractivity contribution in [2.45, 2.75) is 11.8 Å². The molecule has 8 heteroatoms. The van der Waals surface area contributed by atoms with Crippen LogP contribution < -0.4 is 19.7 Å². The van der Waals surface area contributed by atoms with Crippen LogP contribution >= 0.6 is 0 Å². The fourth-order valence-corrected chi connectivity index (χ4v) is 3.84. The van der Waals surface area contributed by atoms with Gasteiger partial charge in [-0.15, -0.1) is 0 Å². The maximum Gasteiger partial charge on any atom is 0.261 e. The Bertz CT molecular complexity index is 882. The standard InChI is InChI=1S/C18H21N3O4S/c1-2-25-14-7-9-15(10-8-14)26(23,24)20-16-5-3-4-6-17(16)21-12-11-19-18(22)13-21/h3-10,20H,2,11-13H2,1H3,(H,19,22). The number of piperazine rings is 1. The van der Waals surface area contributed by atoms with E-state index in [-0.39, 0.29) is 17.3 Å². The van der Waals surface area contributed by atoms with E-state index >= 15 is 0 Å². The third-order valence-electron chi connectivity index (χ3n) is 3.97. The Hall–Kier alpha value is -2.74. The molecule has 0 aliphatic carbocycles. The highest BCUT2D eigenvalue weighted by Gasteiger charge is 2.21. The van der Waals surface area contributed by atoms with Crippen LogP contribution in [-0.2, 0) is 14.8 Å². The van der Waals surface area contributed by atoms with Crippen LogP contribution in [0.1, 0.15) is 6.92 Å². The van der Waals surface area contributed by atoms with E-state index in [0.717, 1.165) is 0 Å². The number of carbonyl (C=O) groups excluding carboxylic acids is 1. The molecule has 1 aliphatic heterocycles. The second-order valence-corrected chi connectivity index (χ2v) is 7.48. The van der Waals surface area contributed by atoms with Crippen molar-refractivity contribution in [1.29, 1.82) is 0 Å². The average Bonchev–Trinajstić information content (AvgIpc) is 2.63. The van der Waals surface area contributed by atoms with Gasteiger partial charge in [0.25, 0.3) is 10.0 Å². The van der Waals surface area contributed by atoms with Crippen molar-refractivity contribution < 1.29 is 17.9 Å².